The van der Waals surface area contributed by atoms with Crippen molar-refractivity contribution in [1.82, 2.24) is 0 Å². The van der Waals surface area contributed by atoms with Crippen LogP contribution in [0.2, 0.25) is 0 Å². The van der Waals surface area contributed by atoms with Crippen LogP contribution < -0.4 is 0 Å². The summed E-state index contributed by atoms with van der Waals surface area (Å²) in [5, 5.41) is 9.01. The zero-order valence-electron chi connectivity index (χ0n) is 9.94. The Labute approximate surface area is 85.7 Å². The molecule has 0 bridgehead atoms. The SMILES string of the molecule is CC.CC.CPC1(C)CC(C#N)C1. The third-order valence-corrected chi connectivity index (χ3v) is 3.80. The molecule has 13 heavy (non-hydrogen) atoms. The lowest BCUT2D eigenvalue weighted by atomic mass is 9.76. The third-order valence-electron chi connectivity index (χ3n) is 2.18. The van der Waals surface area contributed by atoms with Crippen LogP contribution in [0.1, 0.15) is 47.5 Å². The molecule has 0 aromatic rings. The van der Waals surface area contributed by atoms with Crippen LogP contribution in [0.4, 0.5) is 0 Å². The molecule has 0 N–H and O–H groups in total. The van der Waals surface area contributed by atoms with Gasteiger partial charge in [0.25, 0.3) is 0 Å². The number of nitrogens with zero attached hydrogens (tertiary/aromatic N) is 1. The van der Waals surface area contributed by atoms with Gasteiger partial charge < -0.3 is 0 Å². The van der Waals surface area contributed by atoms with Crippen LogP contribution in [0, 0.1) is 17.2 Å². The van der Waals surface area contributed by atoms with E-state index in [1.165, 1.54) is 0 Å². The van der Waals surface area contributed by atoms with Crippen LogP contribution in [0.3, 0.4) is 0 Å². The molecule has 1 unspecified atom stereocenters. The molecule has 0 aliphatic heterocycles. The molecule has 1 aliphatic carbocycles. The average molecular weight is 201 g/mol. The average Bonchev–Trinajstić information content (AvgIpc) is 2.19. The molecule has 0 radical (unpaired) electrons. The fourth-order valence-electron chi connectivity index (χ4n) is 1.32. The Morgan fingerprint density at radius 3 is 1.85 bits per heavy atom. The highest BCUT2D eigenvalue weighted by molar-refractivity contribution is 7.39. The first kappa shape index (κ1) is 15.4. The van der Waals surface area contributed by atoms with E-state index in [-0.39, 0.29) is 0 Å². The lowest BCUT2D eigenvalue weighted by Gasteiger charge is -2.41. The number of hydrogen-bond donors (Lipinski definition) is 0. The largest absolute Gasteiger partial charge is 0.198 e. The smallest absolute Gasteiger partial charge is 0.0656 e. The van der Waals surface area contributed by atoms with Crippen LogP contribution in [-0.2, 0) is 0 Å². The van der Waals surface area contributed by atoms with E-state index in [4.69, 9.17) is 5.26 Å². The second-order valence-electron chi connectivity index (χ2n) is 3.04. The fraction of sp³-hybridized carbons (Fsp3) is 0.909. The summed E-state index contributed by atoms with van der Waals surface area (Å²) in [5.74, 6) is 0.377. The maximum absolute atomic E-state index is 8.47. The molecule has 2 heteroatoms. The quantitative estimate of drug-likeness (QED) is 0.587. The topological polar surface area (TPSA) is 23.8 Å². The van der Waals surface area contributed by atoms with E-state index in [9.17, 15) is 0 Å². The standard InChI is InChI=1S/C7H12NP.2C2H6/c1-7(9-2)3-6(4-7)5-8;2*1-2/h6,9H,3-4H2,1-2H3;2*1-2H3. The number of rotatable bonds is 1. The lowest BCUT2D eigenvalue weighted by molar-refractivity contribution is 0.306. The van der Waals surface area contributed by atoms with Crippen LogP contribution in [0.15, 0.2) is 0 Å². The molecule has 1 saturated carbocycles. The number of hydrogen-bond acceptors (Lipinski definition) is 1. The molecular formula is C11H24NP. The Morgan fingerprint density at radius 1 is 1.23 bits per heavy atom. The highest BCUT2D eigenvalue weighted by Gasteiger charge is 2.38. The Morgan fingerprint density at radius 2 is 1.62 bits per heavy atom. The van der Waals surface area contributed by atoms with Crippen LogP contribution in [-0.4, -0.2) is 11.8 Å². The minimum absolute atomic E-state index is 0.377. The van der Waals surface area contributed by atoms with Gasteiger partial charge in [0.05, 0.1) is 6.07 Å². The van der Waals surface area contributed by atoms with E-state index in [2.05, 4.69) is 19.7 Å². The molecule has 78 valence electrons. The summed E-state index contributed by atoms with van der Waals surface area (Å²) >= 11 is 0. The van der Waals surface area contributed by atoms with E-state index in [1.54, 1.807) is 0 Å². The summed E-state index contributed by atoms with van der Waals surface area (Å²) in [6.45, 7) is 12.5. The van der Waals surface area contributed by atoms with Gasteiger partial charge in [0, 0.05) is 5.92 Å². The summed E-state index contributed by atoms with van der Waals surface area (Å²) in [7, 11) is 1.01. The molecule has 1 nitrogen and oxygen atoms in total. The monoisotopic (exact) mass is 201 g/mol. The van der Waals surface area contributed by atoms with Crippen molar-refractivity contribution in [2.45, 2.75) is 52.6 Å². The molecule has 1 aliphatic rings. The van der Waals surface area contributed by atoms with Gasteiger partial charge in [-0.15, -0.1) is 8.58 Å². The van der Waals surface area contributed by atoms with Crippen molar-refractivity contribution in [2.24, 2.45) is 5.92 Å². The Bertz CT molecular complexity index is 143. The molecule has 0 aromatic heterocycles. The van der Waals surface area contributed by atoms with Gasteiger partial charge in [0.2, 0.25) is 0 Å². The van der Waals surface area contributed by atoms with Gasteiger partial charge in [-0.1, -0.05) is 34.6 Å². The maximum atomic E-state index is 8.47. The zero-order valence-corrected chi connectivity index (χ0v) is 10.9. The maximum Gasteiger partial charge on any atom is 0.0656 e. The van der Waals surface area contributed by atoms with Gasteiger partial charge in [0.15, 0.2) is 0 Å². The van der Waals surface area contributed by atoms with Crippen LogP contribution in [0.5, 0.6) is 0 Å². The van der Waals surface area contributed by atoms with Crippen LogP contribution in [0.25, 0.3) is 0 Å². The van der Waals surface area contributed by atoms with Crippen molar-refractivity contribution < 1.29 is 0 Å². The van der Waals surface area contributed by atoms with Gasteiger partial charge >= 0.3 is 0 Å². The molecule has 1 atom stereocenters. The molecule has 0 heterocycles. The van der Waals surface area contributed by atoms with Crippen molar-refractivity contribution in [2.75, 3.05) is 6.66 Å². The number of nitriles is 1. The predicted molar refractivity (Wildman–Crippen MR) is 63.7 cm³/mol. The molecule has 0 amide bonds. The highest BCUT2D eigenvalue weighted by Crippen LogP contribution is 2.49. The summed E-state index contributed by atoms with van der Waals surface area (Å²) in [6, 6.07) is 2.30. The summed E-state index contributed by atoms with van der Waals surface area (Å²) < 4.78 is 0. The normalized spacial score (nSPS) is 30.4. The van der Waals surface area contributed by atoms with Gasteiger partial charge in [-0.2, -0.15) is 5.26 Å². The molecule has 1 fully saturated rings. The predicted octanol–water partition coefficient (Wildman–Crippen LogP) is 4.04. The van der Waals surface area contributed by atoms with Crippen LogP contribution >= 0.6 is 8.58 Å². The molecule has 0 saturated heterocycles. The minimum atomic E-state index is 0.377. The Kier molecular flexibility index (Phi) is 10.1. The third kappa shape index (κ3) is 5.27. The molecule has 0 aromatic carbocycles. The summed E-state index contributed by atoms with van der Waals surface area (Å²) in [4.78, 5) is 0. The molecular weight excluding hydrogens is 177 g/mol. The van der Waals surface area contributed by atoms with E-state index >= 15 is 0 Å². The van der Waals surface area contributed by atoms with E-state index < -0.39 is 0 Å². The Balaban J connectivity index is 0. The van der Waals surface area contributed by atoms with Gasteiger partial charge in [-0.05, 0) is 24.7 Å². The zero-order chi connectivity index (χ0) is 10.9. The molecule has 1 rings (SSSR count). The van der Waals surface area contributed by atoms with Crippen molar-refractivity contribution in [3.63, 3.8) is 0 Å². The van der Waals surface area contributed by atoms with Gasteiger partial charge in [-0.25, -0.2) is 0 Å². The summed E-state index contributed by atoms with van der Waals surface area (Å²) in [6.07, 6.45) is 2.27. The van der Waals surface area contributed by atoms with Crippen molar-refractivity contribution in [1.29, 1.82) is 5.26 Å². The van der Waals surface area contributed by atoms with Crippen molar-refractivity contribution in [3.05, 3.63) is 0 Å². The summed E-state index contributed by atoms with van der Waals surface area (Å²) in [5.41, 5.74) is 0. The van der Waals surface area contributed by atoms with E-state index in [0.717, 1.165) is 21.4 Å². The second-order valence-corrected chi connectivity index (χ2v) is 4.75. The van der Waals surface area contributed by atoms with Crippen molar-refractivity contribution >= 4 is 8.58 Å². The van der Waals surface area contributed by atoms with Gasteiger partial charge in [-0.3, -0.25) is 0 Å². The second kappa shape index (κ2) is 8.52. The Hall–Kier alpha value is -0.0800. The first-order valence-corrected chi connectivity index (χ1v) is 6.79. The first-order valence-electron chi connectivity index (χ1n) is 5.29. The fourth-order valence-corrected chi connectivity index (χ4v) is 2.22. The van der Waals surface area contributed by atoms with E-state index in [0.29, 0.717) is 11.1 Å². The van der Waals surface area contributed by atoms with Gasteiger partial charge in [0.1, 0.15) is 0 Å². The first-order chi connectivity index (χ1) is 6.20. The lowest BCUT2D eigenvalue weighted by Crippen LogP contribution is -2.35. The molecule has 0 spiro atoms. The van der Waals surface area contributed by atoms with E-state index in [1.807, 2.05) is 27.7 Å². The highest BCUT2D eigenvalue weighted by atomic mass is 31.1. The minimum Gasteiger partial charge on any atom is -0.198 e. The van der Waals surface area contributed by atoms with Crippen molar-refractivity contribution in [3.8, 4) is 6.07 Å².